The van der Waals surface area contributed by atoms with E-state index in [2.05, 4.69) is 20.9 Å². The van der Waals surface area contributed by atoms with Crippen molar-refractivity contribution in [1.29, 1.82) is 0 Å². The van der Waals surface area contributed by atoms with E-state index in [1.807, 2.05) is 17.5 Å². The van der Waals surface area contributed by atoms with Crippen LogP contribution in [0.5, 0.6) is 0 Å². The van der Waals surface area contributed by atoms with Crippen molar-refractivity contribution in [3.05, 3.63) is 58.0 Å². The minimum absolute atomic E-state index is 0.0167. The fourth-order valence-electron chi connectivity index (χ4n) is 4.23. The predicted molar refractivity (Wildman–Crippen MR) is 115 cm³/mol. The minimum atomic E-state index is -0.465. The number of benzene rings is 1. The van der Waals surface area contributed by atoms with Gasteiger partial charge in [-0.2, -0.15) is 0 Å². The van der Waals surface area contributed by atoms with Crippen molar-refractivity contribution in [2.24, 2.45) is 0 Å². The number of halogens is 1. The third-order valence-electron chi connectivity index (χ3n) is 5.79. The van der Waals surface area contributed by atoms with Crippen LogP contribution in [0.1, 0.15) is 34.5 Å². The van der Waals surface area contributed by atoms with Crippen molar-refractivity contribution in [3.8, 4) is 0 Å². The summed E-state index contributed by atoms with van der Waals surface area (Å²) in [6.45, 7) is 1.54. The summed E-state index contributed by atoms with van der Waals surface area (Å²) in [5.41, 5.74) is 0.258. The lowest BCUT2D eigenvalue weighted by Crippen LogP contribution is -2.58. The third kappa shape index (κ3) is 5.29. The molecule has 3 heterocycles. The second-order valence-electron chi connectivity index (χ2n) is 7.92. The second kappa shape index (κ2) is 9.57. The van der Waals surface area contributed by atoms with E-state index < -0.39 is 5.82 Å². The summed E-state index contributed by atoms with van der Waals surface area (Å²) >= 11 is 1.60. The predicted octanol–water partition coefficient (Wildman–Crippen LogP) is 1.65. The average Bonchev–Trinajstić information content (AvgIpc) is 3.42. The maximum atomic E-state index is 13.4. The highest BCUT2D eigenvalue weighted by Crippen LogP contribution is 2.26. The zero-order valence-corrected chi connectivity index (χ0v) is 17.8. The lowest BCUT2D eigenvalue weighted by Gasteiger charge is -2.37. The summed E-state index contributed by atoms with van der Waals surface area (Å²) in [5.74, 6) is -0.888. The van der Waals surface area contributed by atoms with E-state index in [4.69, 9.17) is 0 Å². The molecule has 2 saturated heterocycles. The number of piperazine rings is 1. The van der Waals surface area contributed by atoms with Crippen LogP contribution in [0.15, 0.2) is 41.8 Å². The van der Waals surface area contributed by atoms with Crippen LogP contribution in [0, 0.1) is 5.82 Å². The smallest absolute Gasteiger partial charge is 0.251 e. The number of fused-ring (bicyclic) bond motifs is 1. The second-order valence-corrected chi connectivity index (χ2v) is 8.96. The molecule has 3 unspecified atom stereocenters. The zero-order chi connectivity index (χ0) is 21.8. The number of hydrogen-bond donors (Lipinski definition) is 3. The van der Waals surface area contributed by atoms with Gasteiger partial charge >= 0.3 is 0 Å². The largest absolute Gasteiger partial charge is 0.353 e. The molecule has 2 aliphatic heterocycles. The van der Waals surface area contributed by atoms with E-state index >= 15 is 0 Å². The third-order valence-corrected chi connectivity index (χ3v) is 6.67. The fraction of sp³-hybridized carbons (Fsp3) is 0.409. The molecule has 2 aliphatic rings. The van der Waals surface area contributed by atoms with Crippen LogP contribution in [0.25, 0.3) is 0 Å². The van der Waals surface area contributed by atoms with Gasteiger partial charge in [0.1, 0.15) is 5.82 Å². The van der Waals surface area contributed by atoms with E-state index in [9.17, 15) is 18.8 Å². The first-order valence-electron chi connectivity index (χ1n) is 10.4. The molecule has 3 amide bonds. The Morgan fingerprint density at radius 3 is 2.90 bits per heavy atom. The normalized spacial score (nSPS) is 23.1. The zero-order valence-electron chi connectivity index (χ0n) is 17.0. The molecule has 0 bridgehead atoms. The molecule has 2 aromatic rings. The molecule has 0 aliphatic carbocycles. The van der Waals surface area contributed by atoms with E-state index in [1.54, 1.807) is 17.4 Å². The van der Waals surface area contributed by atoms with Crippen LogP contribution in [0.2, 0.25) is 0 Å². The van der Waals surface area contributed by atoms with Gasteiger partial charge in [0.15, 0.2) is 0 Å². The van der Waals surface area contributed by atoms with Gasteiger partial charge in [-0.3, -0.25) is 19.3 Å². The number of amides is 3. The Bertz CT molecular complexity index is 952. The monoisotopic (exact) mass is 444 g/mol. The van der Waals surface area contributed by atoms with Gasteiger partial charge < -0.3 is 16.0 Å². The number of hydrogen-bond acceptors (Lipinski definition) is 5. The van der Waals surface area contributed by atoms with Gasteiger partial charge in [-0.15, -0.1) is 11.3 Å². The van der Waals surface area contributed by atoms with Gasteiger partial charge in [0.05, 0.1) is 12.6 Å². The molecule has 2 fully saturated rings. The standard InChI is InChI=1S/C22H25FN4O3S/c23-15-4-1-3-14(9-15)21(29)26-16-10-19-22(30)25-11-17(27(19)13-16)6-7-20(28)24-12-18-5-2-8-31-18/h1-5,8-9,16-17,19H,6-7,10-13H2,(H,24,28)(H,25,30)(H,26,29). The number of nitrogens with zero attached hydrogens (tertiary/aromatic N) is 1. The number of carbonyl (C=O) groups is 3. The Morgan fingerprint density at radius 2 is 2.13 bits per heavy atom. The fourth-order valence-corrected chi connectivity index (χ4v) is 4.88. The van der Waals surface area contributed by atoms with Crippen LogP contribution in [0.3, 0.4) is 0 Å². The molecule has 31 heavy (non-hydrogen) atoms. The van der Waals surface area contributed by atoms with E-state index in [0.29, 0.717) is 38.9 Å². The van der Waals surface area contributed by atoms with E-state index in [0.717, 1.165) is 4.88 Å². The summed E-state index contributed by atoms with van der Waals surface area (Å²) < 4.78 is 13.4. The Balaban J connectivity index is 1.30. The molecule has 0 spiro atoms. The molecule has 0 radical (unpaired) electrons. The van der Waals surface area contributed by atoms with Gasteiger partial charge in [-0.1, -0.05) is 12.1 Å². The molecule has 1 aromatic carbocycles. The molecular weight excluding hydrogens is 419 g/mol. The molecular formula is C22H25FN4O3S. The first-order valence-corrected chi connectivity index (χ1v) is 11.3. The minimum Gasteiger partial charge on any atom is -0.353 e. The van der Waals surface area contributed by atoms with Crippen LogP contribution in [-0.4, -0.2) is 53.8 Å². The molecule has 4 rings (SSSR count). The molecule has 1 aromatic heterocycles. The molecule has 9 heteroatoms. The van der Waals surface area contributed by atoms with Crippen molar-refractivity contribution in [3.63, 3.8) is 0 Å². The summed E-state index contributed by atoms with van der Waals surface area (Å²) in [5, 5.41) is 10.7. The van der Waals surface area contributed by atoms with Crippen LogP contribution in [-0.2, 0) is 16.1 Å². The number of rotatable bonds is 7. The van der Waals surface area contributed by atoms with Gasteiger partial charge in [0, 0.05) is 42.0 Å². The topological polar surface area (TPSA) is 90.5 Å². The molecule has 3 N–H and O–H groups in total. The molecule has 3 atom stereocenters. The first-order chi connectivity index (χ1) is 15.0. The van der Waals surface area contributed by atoms with Gasteiger partial charge in [-0.05, 0) is 42.5 Å². The van der Waals surface area contributed by atoms with Crippen molar-refractivity contribution >= 4 is 29.1 Å². The summed E-state index contributed by atoms with van der Waals surface area (Å²) in [6, 6.07) is 8.97. The Labute approximate surface area is 184 Å². The Kier molecular flexibility index (Phi) is 6.62. The van der Waals surface area contributed by atoms with Crippen molar-refractivity contribution in [2.45, 2.75) is 43.9 Å². The number of thiophene rings is 1. The molecule has 7 nitrogen and oxygen atoms in total. The van der Waals surface area contributed by atoms with Crippen molar-refractivity contribution in [2.75, 3.05) is 13.1 Å². The SMILES string of the molecule is O=C(CCC1CNC(=O)C2CC(NC(=O)c3cccc(F)c3)CN12)NCc1cccs1. The summed E-state index contributed by atoms with van der Waals surface area (Å²) in [4.78, 5) is 40.2. The summed E-state index contributed by atoms with van der Waals surface area (Å²) in [7, 11) is 0. The Morgan fingerprint density at radius 1 is 1.26 bits per heavy atom. The number of carbonyl (C=O) groups excluding carboxylic acids is 3. The van der Waals surface area contributed by atoms with Crippen molar-refractivity contribution < 1.29 is 18.8 Å². The lowest BCUT2D eigenvalue weighted by atomic mass is 10.0. The summed E-state index contributed by atoms with van der Waals surface area (Å²) in [6.07, 6.45) is 1.49. The van der Waals surface area contributed by atoms with Gasteiger partial charge in [0.2, 0.25) is 11.8 Å². The maximum Gasteiger partial charge on any atom is 0.251 e. The van der Waals surface area contributed by atoms with Gasteiger partial charge in [0.25, 0.3) is 5.91 Å². The van der Waals surface area contributed by atoms with Crippen LogP contribution < -0.4 is 16.0 Å². The number of nitrogens with one attached hydrogen (secondary N) is 3. The highest BCUT2D eigenvalue weighted by molar-refractivity contribution is 7.09. The molecule has 0 saturated carbocycles. The van der Waals surface area contributed by atoms with Crippen LogP contribution >= 0.6 is 11.3 Å². The van der Waals surface area contributed by atoms with Crippen molar-refractivity contribution in [1.82, 2.24) is 20.9 Å². The molecule has 164 valence electrons. The van der Waals surface area contributed by atoms with E-state index in [1.165, 1.54) is 18.2 Å². The highest BCUT2D eigenvalue weighted by atomic mass is 32.1. The van der Waals surface area contributed by atoms with Crippen LogP contribution in [0.4, 0.5) is 4.39 Å². The highest BCUT2D eigenvalue weighted by Gasteiger charge is 2.43. The quantitative estimate of drug-likeness (QED) is 0.606. The van der Waals surface area contributed by atoms with E-state index in [-0.39, 0.29) is 41.4 Å². The lowest BCUT2D eigenvalue weighted by molar-refractivity contribution is -0.129. The average molecular weight is 445 g/mol. The first kappa shape index (κ1) is 21.5. The maximum absolute atomic E-state index is 13.4. The van der Waals surface area contributed by atoms with Gasteiger partial charge in [-0.25, -0.2) is 4.39 Å². The Hall–Kier alpha value is -2.78.